The first-order valence-electron chi connectivity index (χ1n) is 10.4. The minimum atomic E-state index is -0.794. The van der Waals surface area contributed by atoms with E-state index in [2.05, 4.69) is 4.98 Å². The Morgan fingerprint density at radius 2 is 1.86 bits per heavy atom. The molecule has 28 heavy (non-hydrogen) atoms. The van der Waals surface area contributed by atoms with Gasteiger partial charge in [0.05, 0.1) is 12.0 Å². The van der Waals surface area contributed by atoms with Crippen molar-refractivity contribution in [3.8, 4) is 0 Å². The number of nitrogens with one attached hydrogen (secondary N) is 1. The minimum absolute atomic E-state index is 0.151. The molecule has 0 bridgehead atoms. The summed E-state index contributed by atoms with van der Waals surface area (Å²) in [6, 6.07) is 1.80. The predicted molar refractivity (Wildman–Crippen MR) is 102 cm³/mol. The number of aliphatic carboxylic acids is 1. The molecule has 1 aromatic heterocycles. The van der Waals surface area contributed by atoms with E-state index in [1.807, 2.05) is 0 Å². The highest BCUT2D eigenvalue weighted by Gasteiger charge is 2.41. The number of hydrogen-bond donors (Lipinski definition) is 2. The maximum absolute atomic E-state index is 13.0. The zero-order valence-corrected chi connectivity index (χ0v) is 16.1. The number of aryl methyl sites for hydroxylation is 2. The van der Waals surface area contributed by atoms with Crippen molar-refractivity contribution in [3.05, 3.63) is 33.2 Å². The minimum Gasteiger partial charge on any atom is -0.481 e. The number of aromatic nitrogens is 1. The lowest BCUT2D eigenvalue weighted by molar-refractivity contribution is -0.145. The molecule has 0 aromatic carbocycles. The molecule has 4 rings (SSSR count). The van der Waals surface area contributed by atoms with E-state index in [1.54, 1.807) is 11.0 Å². The summed E-state index contributed by atoms with van der Waals surface area (Å²) in [5.74, 6) is -1.30. The predicted octanol–water partition coefficient (Wildman–Crippen LogP) is 1.99. The molecule has 1 amide bonds. The third kappa shape index (κ3) is 3.72. The van der Waals surface area contributed by atoms with E-state index in [-0.39, 0.29) is 29.1 Å². The van der Waals surface area contributed by atoms with Crippen molar-refractivity contribution in [1.82, 2.24) is 9.88 Å². The van der Waals surface area contributed by atoms with Crippen molar-refractivity contribution in [2.24, 2.45) is 11.8 Å². The van der Waals surface area contributed by atoms with Crippen LogP contribution in [0.25, 0.3) is 0 Å². The van der Waals surface area contributed by atoms with Crippen LogP contribution in [0.5, 0.6) is 0 Å². The lowest BCUT2D eigenvalue weighted by Gasteiger charge is -2.35. The molecule has 3 aliphatic rings. The number of piperidine rings is 1. The molecule has 1 aromatic rings. The molecular weight excluding hydrogens is 360 g/mol. The lowest BCUT2D eigenvalue weighted by Crippen LogP contribution is -2.44. The first kappa shape index (κ1) is 19.2. The number of pyridine rings is 1. The molecule has 2 fully saturated rings. The average molecular weight is 388 g/mol. The number of fused-ring (bicyclic) bond motifs is 1. The molecule has 152 valence electrons. The van der Waals surface area contributed by atoms with E-state index < -0.39 is 11.9 Å². The third-order valence-corrected chi connectivity index (χ3v) is 6.56. The van der Waals surface area contributed by atoms with Crippen molar-refractivity contribution < 1.29 is 19.4 Å². The molecule has 2 atom stereocenters. The van der Waals surface area contributed by atoms with Crippen molar-refractivity contribution >= 4 is 11.9 Å². The molecule has 3 heterocycles. The molecule has 2 saturated heterocycles. The number of carbonyl (C=O) groups excluding carboxylic acids is 1. The summed E-state index contributed by atoms with van der Waals surface area (Å²) < 4.78 is 5.70. The van der Waals surface area contributed by atoms with Crippen molar-refractivity contribution in [1.29, 1.82) is 0 Å². The summed E-state index contributed by atoms with van der Waals surface area (Å²) in [5.41, 5.74) is 2.02. The maximum Gasteiger partial charge on any atom is 0.309 e. The number of hydrogen-bond acceptors (Lipinski definition) is 4. The summed E-state index contributed by atoms with van der Waals surface area (Å²) in [7, 11) is 0. The third-order valence-electron chi connectivity index (χ3n) is 6.56. The van der Waals surface area contributed by atoms with Crippen LogP contribution in [-0.2, 0) is 22.4 Å². The van der Waals surface area contributed by atoms with Gasteiger partial charge < -0.3 is 19.7 Å². The number of carboxylic acids is 1. The zero-order valence-electron chi connectivity index (χ0n) is 16.1. The zero-order chi connectivity index (χ0) is 19.7. The highest BCUT2D eigenvalue weighted by atomic mass is 16.5. The van der Waals surface area contributed by atoms with Crippen LogP contribution < -0.4 is 5.56 Å². The number of H-pyrrole nitrogens is 1. The molecule has 2 N–H and O–H groups in total. The standard InChI is InChI=1S/C21H28N2O5/c24-19-16(12-14-4-2-1-3-5-17(14)22-19)20(25)23-9-6-13(7-10-23)18-15(21(26)27)8-11-28-18/h12-13,15,18H,1-11H2,(H,22,24)(H,26,27)/t15?,18-/m0/s1. The van der Waals surface area contributed by atoms with Gasteiger partial charge in [0.1, 0.15) is 5.56 Å². The highest BCUT2D eigenvalue weighted by Crippen LogP contribution is 2.33. The SMILES string of the molecule is O=C(O)C1CCO[C@H]1C1CCN(C(=O)c2cc3c([nH]c2=O)CCCCC3)CC1. The van der Waals surface area contributed by atoms with Crippen molar-refractivity contribution in [2.45, 2.75) is 57.5 Å². The molecule has 2 aliphatic heterocycles. The number of amides is 1. The van der Waals surface area contributed by atoms with Crippen LogP contribution in [0.3, 0.4) is 0 Å². The smallest absolute Gasteiger partial charge is 0.309 e. The first-order chi connectivity index (χ1) is 13.5. The summed E-state index contributed by atoms with van der Waals surface area (Å²) >= 11 is 0. The monoisotopic (exact) mass is 388 g/mol. The average Bonchev–Trinajstić information content (AvgIpc) is 3.08. The number of likely N-dealkylation sites (tertiary alicyclic amines) is 1. The highest BCUT2D eigenvalue weighted by molar-refractivity contribution is 5.94. The fourth-order valence-corrected chi connectivity index (χ4v) is 4.95. The number of rotatable bonds is 3. The Morgan fingerprint density at radius 1 is 1.11 bits per heavy atom. The quantitative estimate of drug-likeness (QED) is 0.772. The van der Waals surface area contributed by atoms with Gasteiger partial charge in [-0.15, -0.1) is 0 Å². The molecule has 0 saturated carbocycles. The Hall–Kier alpha value is -2.15. The van der Waals surface area contributed by atoms with E-state index in [4.69, 9.17) is 4.74 Å². The topological polar surface area (TPSA) is 99.7 Å². The van der Waals surface area contributed by atoms with E-state index in [0.717, 1.165) is 43.4 Å². The maximum atomic E-state index is 13.0. The van der Waals surface area contributed by atoms with Crippen molar-refractivity contribution in [3.63, 3.8) is 0 Å². The number of ether oxygens (including phenoxy) is 1. The van der Waals surface area contributed by atoms with E-state index in [9.17, 15) is 19.5 Å². The van der Waals surface area contributed by atoms with Crippen LogP contribution in [0.4, 0.5) is 0 Å². The van der Waals surface area contributed by atoms with Crippen LogP contribution in [0.1, 0.15) is 60.1 Å². The van der Waals surface area contributed by atoms with Crippen LogP contribution >= 0.6 is 0 Å². The number of carbonyl (C=O) groups is 2. The van der Waals surface area contributed by atoms with E-state index >= 15 is 0 Å². The van der Waals surface area contributed by atoms with Crippen LogP contribution in [-0.4, -0.2) is 52.7 Å². The lowest BCUT2D eigenvalue weighted by atomic mass is 9.84. The Bertz CT molecular complexity index is 810. The van der Waals surface area contributed by atoms with E-state index in [1.165, 1.54) is 0 Å². The molecule has 7 nitrogen and oxygen atoms in total. The van der Waals surface area contributed by atoms with Gasteiger partial charge in [-0.3, -0.25) is 14.4 Å². The van der Waals surface area contributed by atoms with Gasteiger partial charge >= 0.3 is 5.97 Å². The van der Waals surface area contributed by atoms with Gasteiger partial charge in [0.2, 0.25) is 0 Å². The van der Waals surface area contributed by atoms with Gasteiger partial charge in [-0.25, -0.2) is 0 Å². The van der Waals surface area contributed by atoms with Gasteiger partial charge in [0.15, 0.2) is 0 Å². The van der Waals surface area contributed by atoms with Gasteiger partial charge in [0, 0.05) is 25.4 Å². The Morgan fingerprint density at radius 3 is 2.61 bits per heavy atom. The second-order valence-electron chi connectivity index (χ2n) is 8.28. The summed E-state index contributed by atoms with van der Waals surface area (Å²) in [4.78, 5) is 41.5. The molecule has 7 heteroatoms. The molecule has 1 unspecified atom stereocenters. The van der Waals surface area contributed by atoms with Gasteiger partial charge in [0.25, 0.3) is 11.5 Å². The summed E-state index contributed by atoms with van der Waals surface area (Å²) in [6.45, 7) is 1.56. The van der Waals surface area contributed by atoms with Crippen LogP contribution in [0, 0.1) is 11.8 Å². The fraction of sp³-hybridized carbons (Fsp3) is 0.667. The van der Waals surface area contributed by atoms with E-state index in [0.29, 0.717) is 39.0 Å². The van der Waals surface area contributed by atoms with Gasteiger partial charge in [-0.05, 0) is 62.5 Å². The number of carboxylic acid groups (broad SMARTS) is 1. The van der Waals surface area contributed by atoms with Crippen LogP contribution in [0.15, 0.2) is 10.9 Å². The summed E-state index contributed by atoms with van der Waals surface area (Å²) in [5, 5.41) is 9.37. The Balaban J connectivity index is 1.44. The summed E-state index contributed by atoms with van der Waals surface area (Å²) in [6.07, 6.45) is 6.81. The molecule has 1 aliphatic carbocycles. The largest absolute Gasteiger partial charge is 0.481 e. The normalized spacial score (nSPS) is 25.9. The second kappa shape index (κ2) is 8.07. The van der Waals surface area contributed by atoms with Gasteiger partial charge in [-0.1, -0.05) is 6.42 Å². The van der Waals surface area contributed by atoms with Gasteiger partial charge in [-0.2, -0.15) is 0 Å². The van der Waals surface area contributed by atoms with Crippen molar-refractivity contribution in [2.75, 3.05) is 19.7 Å². The molecule has 0 spiro atoms. The number of aromatic amines is 1. The molecule has 0 radical (unpaired) electrons. The number of nitrogens with zero attached hydrogens (tertiary/aromatic N) is 1. The second-order valence-corrected chi connectivity index (χ2v) is 8.28. The molecular formula is C21H28N2O5. The first-order valence-corrected chi connectivity index (χ1v) is 10.4. The Labute approximate surface area is 164 Å². The fourth-order valence-electron chi connectivity index (χ4n) is 4.95. The van der Waals surface area contributed by atoms with Crippen LogP contribution in [0.2, 0.25) is 0 Å². The Kier molecular flexibility index (Phi) is 5.53.